The monoisotopic (exact) mass is 434 g/mol. The maximum absolute atomic E-state index is 11.8. The second-order valence-corrected chi connectivity index (χ2v) is 6.70. The lowest BCUT2D eigenvalue weighted by atomic mass is 10.2. The van der Waals surface area contributed by atoms with Crippen molar-refractivity contribution in [3.63, 3.8) is 0 Å². The summed E-state index contributed by atoms with van der Waals surface area (Å²) in [6.07, 6.45) is 0.824. The molecule has 10 nitrogen and oxygen atoms in total. The third-order valence-electron chi connectivity index (χ3n) is 4.32. The van der Waals surface area contributed by atoms with Crippen molar-refractivity contribution in [1.82, 2.24) is 9.97 Å². The molecule has 0 aliphatic rings. The van der Waals surface area contributed by atoms with Crippen molar-refractivity contribution in [2.75, 3.05) is 41.8 Å². The molecule has 0 aliphatic heterocycles. The molecule has 1 heterocycles. The number of anilines is 4. The molecule has 10 heteroatoms. The average molecular weight is 435 g/mol. The molecule has 3 rings (SSSR count). The van der Waals surface area contributed by atoms with Crippen molar-refractivity contribution in [3.8, 4) is 0 Å². The van der Waals surface area contributed by atoms with Crippen LogP contribution in [-0.2, 0) is 4.74 Å². The molecule has 0 unspecified atom stereocenters. The average Bonchev–Trinajstić information content (AvgIpc) is 2.79. The third kappa shape index (κ3) is 6.39. The summed E-state index contributed by atoms with van der Waals surface area (Å²) in [6, 6.07) is 16.5. The zero-order valence-electron chi connectivity index (χ0n) is 17.8. The summed E-state index contributed by atoms with van der Waals surface area (Å²) in [4.78, 5) is 19.9. The number of aromatic nitrogens is 2. The van der Waals surface area contributed by atoms with Crippen molar-refractivity contribution < 1.29 is 9.53 Å². The van der Waals surface area contributed by atoms with Crippen molar-refractivity contribution in [2.24, 2.45) is 10.2 Å². The normalized spacial score (nSPS) is 10.8. The SMILES string of the molecule is CCOC(=O)c1ccc(N=Nc2c(N)nc(N)nc2NCCCNc2ccccc2)cc1. The van der Waals surface area contributed by atoms with Crippen molar-refractivity contribution in [2.45, 2.75) is 13.3 Å². The first-order valence-corrected chi connectivity index (χ1v) is 10.2. The lowest BCUT2D eigenvalue weighted by molar-refractivity contribution is 0.0526. The van der Waals surface area contributed by atoms with E-state index in [0.717, 1.165) is 18.7 Å². The zero-order chi connectivity index (χ0) is 22.8. The van der Waals surface area contributed by atoms with Crippen LogP contribution in [0.15, 0.2) is 64.8 Å². The van der Waals surface area contributed by atoms with Gasteiger partial charge in [0.15, 0.2) is 17.3 Å². The molecule has 0 saturated heterocycles. The molecule has 166 valence electrons. The van der Waals surface area contributed by atoms with E-state index in [0.29, 0.717) is 35.9 Å². The Morgan fingerprint density at radius 3 is 2.41 bits per heavy atom. The molecule has 0 aliphatic carbocycles. The number of benzene rings is 2. The van der Waals surface area contributed by atoms with Gasteiger partial charge in [-0.15, -0.1) is 5.11 Å². The lowest BCUT2D eigenvalue weighted by Crippen LogP contribution is -2.11. The van der Waals surface area contributed by atoms with Crippen LogP contribution in [-0.4, -0.2) is 35.6 Å². The van der Waals surface area contributed by atoms with Crippen LogP contribution in [0.4, 0.5) is 34.6 Å². The molecule has 2 aromatic carbocycles. The maximum Gasteiger partial charge on any atom is 0.338 e. The number of para-hydroxylation sites is 1. The van der Waals surface area contributed by atoms with Crippen molar-refractivity contribution >= 4 is 40.6 Å². The standard InChI is InChI=1S/C22H26N8O2/c1-2-32-21(31)15-9-11-17(12-10-15)29-30-18-19(23)27-22(24)28-20(18)26-14-6-13-25-16-7-4-3-5-8-16/h3-5,7-12,25H,2,6,13-14H2,1H3,(H5,23,24,26,27,28). The van der Waals surface area contributed by atoms with Gasteiger partial charge in [0.2, 0.25) is 5.95 Å². The number of nitrogens with zero attached hydrogens (tertiary/aromatic N) is 4. The Labute approximate surface area is 186 Å². The topological polar surface area (TPSA) is 153 Å². The summed E-state index contributed by atoms with van der Waals surface area (Å²) >= 11 is 0. The molecule has 0 bridgehead atoms. The summed E-state index contributed by atoms with van der Waals surface area (Å²) < 4.78 is 4.97. The highest BCUT2D eigenvalue weighted by Gasteiger charge is 2.11. The Bertz CT molecular complexity index is 1060. The predicted octanol–water partition coefficient (Wildman–Crippen LogP) is 4.15. The fourth-order valence-electron chi connectivity index (χ4n) is 2.78. The molecule has 0 saturated carbocycles. The number of carbonyl (C=O) groups excluding carboxylic acids is 1. The molecule has 1 aromatic heterocycles. The molecule has 0 atom stereocenters. The second-order valence-electron chi connectivity index (χ2n) is 6.70. The number of rotatable bonds is 10. The number of nitrogen functional groups attached to an aromatic ring is 2. The van der Waals surface area contributed by atoms with Gasteiger partial charge < -0.3 is 26.8 Å². The fourth-order valence-corrected chi connectivity index (χ4v) is 2.78. The number of hydrogen-bond donors (Lipinski definition) is 4. The molecule has 0 radical (unpaired) electrons. The van der Waals surface area contributed by atoms with Crippen LogP contribution < -0.4 is 22.1 Å². The smallest absolute Gasteiger partial charge is 0.338 e. The number of hydrogen-bond acceptors (Lipinski definition) is 10. The van der Waals surface area contributed by atoms with Crippen molar-refractivity contribution in [3.05, 3.63) is 60.2 Å². The van der Waals surface area contributed by atoms with E-state index in [1.54, 1.807) is 31.2 Å². The van der Waals surface area contributed by atoms with E-state index in [1.165, 1.54) is 0 Å². The first-order chi connectivity index (χ1) is 15.6. The molecule has 6 N–H and O–H groups in total. The van der Waals surface area contributed by atoms with Gasteiger partial charge in [-0.1, -0.05) is 18.2 Å². The Kier molecular flexibility index (Phi) is 7.90. The van der Waals surface area contributed by atoms with E-state index in [9.17, 15) is 4.79 Å². The van der Waals surface area contributed by atoms with Crippen molar-refractivity contribution in [1.29, 1.82) is 0 Å². The molecule has 0 spiro atoms. The minimum atomic E-state index is -0.389. The Morgan fingerprint density at radius 1 is 0.969 bits per heavy atom. The molecule has 0 fully saturated rings. The highest BCUT2D eigenvalue weighted by Crippen LogP contribution is 2.31. The first kappa shape index (κ1) is 22.5. The third-order valence-corrected chi connectivity index (χ3v) is 4.32. The number of nitrogens with one attached hydrogen (secondary N) is 2. The molecular formula is C22H26N8O2. The number of ether oxygens (including phenoxy) is 1. The van der Waals surface area contributed by atoms with Gasteiger partial charge in [-0.25, -0.2) is 4.79 Å². The fraction of sp³-hybridized carbons (Fsp3) is 0.227. The van der Waals surface area contributed by atoms with E-state index in [4.69, 9.17) is 16.2 Å². The minimum absolute atomic E-state index is 0.0464. The van der Waals surface area contributed by atoms with E-state index in [-0.39, 0.29) is 17.7 Å². The highest BCUT2D eigenvalue weighted by atomic mass is 16.5. The van der Waals surface area contributed by atoms with Crippen LogP contribution >= 0.6 is 0 Å². The van der Waals surface area contributed by atoms with Crippen LogP contribution in [0.25, 0.3) is 0 Å². The first-order valence-electron chi connectivity index (χ1n) is 10.2. The molecule has 3 aromatic rings. The molecule has 32 heavy (non-hydrogen) atoms. The van der Waals surface area contributed by atoms with Gasteiger partial charge >= 0.3 is 5.97 Å². The number of nitrogens with two attached hydrogens (primary N) is 2. The van der Waals surface area contributed by atoms with Gasteiger partial charge in [-0.2, -0.15) is 15.1 Å². The Hall–Kier alpha value is -4.21. The highest BCUT2D eigenvalue weighted by molar-refractivity contribution is 5.89. The van der Waals surface area contributed by atoms with Gasteiger partial charge in [0.25, 0.3) is 0 Å². The van der Waals surface area contributed by atoms with Gasteiger partial charge in [0.05, 0.1) is 17.9 Å². The van der Waals surface area contributed by atoms with Gasteiger partial charge in [0, 0.05) is 18.8 Å². The molecule has 0 amide bonds. The Balaban J connectivity index is 1.62. The van der Waals surface area contributed by atoms with Crippen LogP contribution in [0.3, 0.4) is 0 Å². The summed E-state index contributed by atoms with van der Waals surface area (Å²) in [7, 11) is 0. The van der Waals surface area contributed by atoms with E-state index in [1.807, 2.05) is 30.3 Å². The molecular weight excluding hydrogens is 408 g/mol. The summed E-state index contributed by atoms with van der Waals surface area (Å²) in [6.45, 7) is 3.46. The minimum Gasteiger partial charge on any atom is -0.462 e. The van der Waals surface area contributed by atoms with Crippen LogP contribution in [0, 0.1) is 0 Å². The largest absolute Gasteiger partial charge is 0.462 e. The van der Waals surface area contributed by atoms with Gasteiger partial charge in [-0.3, -0.25) is 0 Å². The summed E-state index contributed by atoms with van der Waals surface area (Å²) in [5.74, 6) is 0.182. The van der Waals surface area contributed by atoms with E-state index in [2.05, 4.69) is 30.8 Å². The van der Waals surface area contributed by atoms with Crippen LogP contribution in [0.2, 0.25) is 0 Å². The second kappa shape index (κ2) is 11.3. The predicted molar refractivity (Wildman–Crippen MR) is 125 cm³/mol. The quantitative estimate of drug-likeness (QED) is 0.211. The van der Waals surface area contributed by atoms with E-state index < -0.39 is 0 Å². The van der Waals surface area contributed by atoms with Crippen LogP contribution in [0.5, 0.6) is 0 Å². The number of esters is 1. The van der Waals surface area contributed by atoms with Gasteiger partial charge in [0.1, 0.15) is 0 Å². The number of carbonyl (C=O) groups is 1. The van der Waals surface area contributed by atoms with Gasteiger partial charge in [-0.05, 0) is 49.7 Å². The van der Waals surface area contributed by atoms with Crippen LogP contribution in [0.1, 0.15) is 23.7 Å². The number of azo groups is 1. The van der Waals surface area contributed by atoms with E-state index >= 15 is 0 Å². The Morgan fingerprint density at radius 2 is 1.69 bits per heavy atom. The summed E-state index contributed by atoms with van der Waals surface area (Å²) in [5.41, 5.74) is 14.1. The summed E-state index contributed by atoms with van der Waals surface area (Å²) in [5, 5.41) is 14.9. The zero-order valence-corrected chi connectivity index (χ0v) is 17.8. The lowest BCUT2D eigenvalue weighted by Gasteiger charge is -2.11. The maximum atomic E-state index is 11.8.